The molecule has 0 aromatic heterocycles. The zero-order valence-corrected chi connectivity index (χ0v) is 13.9. The number of rotatable bonds is 6. The zero-order valence-electron chi connectivity index (χ0n) is 13.9. The molecule has 2 rings (SSSR count). The molecule has 0 spiro atoms. The van der Waals surface area contributed by atoms with Gasteiger partial charge in [0.2, 0.25) is 0 Å². The molecular weight excluding hydrogens is 282 g/mol. The minimum absolute atomic E-state index is 0.0487. The first-order valence-electron chi connectivity index (χ1n) is 7.94. The predicted molar refractivity (Wildman–Crippen MR) is 85.4 cm³/mol. The molecule has 0 saturated carbocycles. The standard InChI is InChI=1S/C17H27NO4/c1-5-18(10-11-19)16-15(20)14-12(21-6-2)8-7-9-13(14)22-17(16,3)4/h7-9,15-16,19-20H,5-6,10-11H2,1-4H3. The molecule has 0 aliphatic carbocycles. The number of fused-ring (bicyclic) bond motifs is 1. The Morgan fingerprint density at radius 1 is 1.32 bits per heavy atom. The lowest BCUT2D eigenvalue weighted by molar-refractivity contribution is -0.0850. The first-order valence-corrected chi connectivity index (χ1v) is 7.94. The molecule has 1 aliphatic rings. The van der Waals surface area contributed by atoms with Crippen molar-refractivity contribution in [2.24, 2.45) is 0 Å². The van der Waals surface area contributed by atoms with Gasteiger partial charge in [-0.15, -0.1) is 0 Å². The Morgan fingerprint density at radius 2 is 2.05 bits per heavy atom. The van der Waals surface area contributed by atoms with Crippen LogP contribution in [0.15, 0.2) is 18.2 Å². The third kappa shape index (κ3) is 3.07. The Morgan fingerprint density at radius 3 is 2.64 bits per heavy atom. The van der Waals surface area contributed by atoms with Crippen molar-refractivity contribution >= 4 is 0 Å². The Kier molecular flexibility index (Phi) is 5.32. The molecule has 2 unspecified atom stereocenters. The average Bonchev–Trinajstić information content (AvgIpc) is 2.45. The Bertz CT molecular complexity index is 503. The summed E-state index contributed by atoms with van der Waals surface area (Å²) in [4.78, 5) is 2.05. The van der Waals surface area contributed by atoms with Gasteiger partial charge in [-0.1, -0.05) is 13.0 Å². The van der Waals surface area contributed by atoms with Gasteiger partial charge >= 0.3 is 0 Å². The second kappa shape index (κ2) is 6.86. The van der Waals surface area contributed by atoms with Crippen LogP contribution in [-0.4, -0.2) is 53.1 Å². The van der Waals surface area contributed by atoms with Crippen LogP contribution in [0.25, 0.3) is 0 Å². The highest BCUT2D eigenvalue weighted by molar-refractivity contribution is 5.49. The van der Waals surface area contributed by atoms with E-state index >= 15 is 0 Å². The van der Waals surface area contributed by atoms with Crippen LogP contribution in [0.3, 0.4) is 0 Å². The summed E-state index contributed by atoms with van der Waals surface area (Å²) in [7, 11) is 0. The number of nitrogens with zero attached hydrogens (tertiary/aromatic N) is 1. The summed E-state index contributed by atoms with van der Waals surface area (Å²) in [5, 5.41) is 20.3. The van der Waals surface area contributed by atoms with Crippen molar-refractivity contribution in [2.45, 2.75) is 45.4 Å². The highest BCUT2D eigenvalue weighted by atomic mass is 16.5. The maximum atomic E-state index is 11.0. The predicted octanol–water partition coefficient (Wildman–Crippen LogP) is 1.97. The monoisotopic (exact) mass is 309 g/mol. The molecule has 1 aromatic carbocycles. The van der Waals surface area contributed by atoms with E-state index in [1.54, 1.807) is 0 Å². The maximum absolute atomic E-state index is 11.0. The summed E-state index contributed by atoms with van der Waals surface area (Å²) in [6, 6.07) is 5.34. The van der Waals surface area contributed by atoms with Gasteiger partial charge in [0, 0.05) is 6.54 Å². The van der Waals surface area contributed by atoms with Gasteiger partial charge in [-0.2, -0.15) is 0 Å². The van der Waals surface area contributed by atoms with Crippen LogP contribution in [0, 0.1) is 0 Å². The molecule has 5 nitrogen and oxygen atoms in total. The van der Waals surface area contributed by atoms with Gasteiger partial charge in [-0.3, -0.25) is 4.90 Å². The molecule has 5 heteroatoms. The summed E-state index contributed by atoms with van der Waals surface area (Å²) in [5.41, 5.74) is 0.132. The van der Waals surface area contributed by atoms with Crippen LogP contribution >= 0.6 is 0 Å². The normalized spacial score (nSPS) is 23.0. The fraction of sp³-hybridized carbons (Fsp3) is 0.647. The van der Waals surface area contributed by atoms with Crippen molar-refractivity contribution < 1.29 is 19.7 Å². The van der Waals surface area contributed by atoms with E-state index in [1.165, 1.54) is 0 Å². The summed E-state index contributed by atoms with van der Waals surface area (Å²) in [6.45, 7) is 9.68. The van der Waals surface area contributed by atoms with Crippen LogP contribution in [0.4, 0.5) is 0 Å². The SMILES string of the molecule is CCOc1cccc2c1C(O)C(N(CC)CCO)C(C)(C)O2. The first kappa shape index (κ1) is 17.1. The van der Waals surface area contributed by atoms with Gasteiger partial charge in [-0.05, 0) is 39.4 Å². The minimum Gasteiger partial charge on any atom is -0.493 e. The average molecular weight is 309 g/mol. The Hall–Kier alpha value is -1.30. The van der Waals surface area contributed by atoms with Crippen LogP contribution < -0.4 is 9.47 Å². The van der Waals surface area contributed by atoms with E-state index in [4.69, 9.17) is 9.47 Å². The number of ether oxygens (including phenoxy) is 2. The molecular formula is C17H27NO4. The molecule has 22 heavy (non-hydrogen) atoms. The summed E-state index contributed by atoms with van der Waals surface area (Å²) < 4.78 is 11.8. The second-order valence-electron chi connectivity index (χ2n) is 6.05. The van der Waals surface area contributed by atoms with Crippen LogP contribution in [-0.2, 0) is 0 Å². The third-order valence-corrected chi connectivity index (χ3v) is 4.19. The lowest BCUT2D eigenvalue weighted by atomic mass is 9.84. The molecule has 1 aromatic rings. The van der Waals surface area contributed by atoms with E-state index in [2.05, 4.69) is 4.90 Å². The highest BCUT2D eigenvalue weighted by Crippen LogP contribution is 2.46. The lowest BCUT2D eigenvalue weighted by Gasteiger charge is -2.48. The topological polar surface area (TPSA) is 62.2 Å². The number of hydrogen-bond acceptors (Lipinski definition) is 5. The molecule has 0 amide bonds. The van der Waals surface area contributed by atoms with E-state index in [0.29, 0.717) is 30.2 Å². The van der Waals surface area contributed by atoms with E-state index < -0.39 is 11.7 Å². The van der Waals surface area contributed by atoms with E-state index in [0.717, 1.165) is 6.54 Å². The van der Waals surface area contributed by atoms with Gasteiger partial charge in [0.25, 0.3) is 0 Å². The summed E-state index contributed by atoms with van der Waals surface area (Å²) >= 11 is 0. The molecule has 1 aliphatic heterocycles. The van der Waals surface area contributed by atoms with E-state index in [1.807, 2.05) is 45.9 Å². The molecule has 2 atom stereocenters. The molecule has 0 bridgehead atoms. The van der Waals surface area contributed by atoms with Crippen molar-refractivity contribution in [2.75, 3.05) is 26.3 Å². The molecule has 0 fully saturated rings. The lowest BCUT2D eigenvalue weighted by Crippen LogP contribution is -2.58. The third-order valence-electron chi connectivity index (χ3n) is 4.19. The van der Waals surface area contributed by atoms with Crippen molar-refractivity contribution in [3.05, 3.63) is 23.8 Å². The second-order valence-corrected chi connectivity index (χ2v) is 6.05. The van der Waals surface area contributed by atoms with Crippen molar-refractivity contribution in [1.82, 2.24) is 4.90 Å². The highest BCUT2D eigenvalue weighted by Gasteiger charge is 2.47. The first-order chi connectivity index (χ1) is 10.5. The number of aliphatic hydroxyl groups is 2. The Balaban J connectivity index is 2.46. The van der Waals surface area contributed by atoms with Gasteiger partial charge < -0.3 is 19.7 Å². The minimum atomic E-state index is -0.729. The van der Waals surface area contributed by atoms with E-state index in [9.17, 15) is 10.2 Å². The quantitative estimate of drug-likeness (QED) is 0.841. The number of aliphatic hydroxyl groups excluding tert-OH is 2. The Labute approximate surface area is 132 Å². The van der Waals surface area contributed by atoms with Crippen molar-refractivity contribution in [3.8, 4) is 11.5 Å². The van der Waals surface area contributed by atoms with Crippen molar-refractivity contribution in [1.29, 1.82) is 0 Å². The van der Waals surface area contributed by atoms with Crippen LogP contribution in [0.1, 0.15) is 39.4 Å². The number of likely N-dealkylation sites (N-methyl/N-ethyl adjacent to an activating group) is 1. The van der Waals surface area contributed by atoms with Crippen LogP contribution in [0.2, 0.25) is 0 Å². The molecule has 1 heterocycles. The smallest absolute Gasteiger partial charge is 0.129 e. The van der Waals surface area contributed by atoms with Gasteiger partial charge in [0.05, 0.1) is 24.8 Å². The maximum Gasteiger partial charge on any atom is 0.129 e. The summed E-state index contributed by atoms with van der Waals surface area (Å²) in [6.07, 6.45) is -0.729. The largest absolute Gasteiger partial charge is 0.493 e. The van der Waals surface area contributed by atoms with Crippen molar-refractivity contribution in [3.63, 3.8) is 0 Å². The fourth-order valence-corrected chi connectivity index (χ4v) is 3.33. The zero-order chi connectivity index (χ0) is 16.3. The van der Waals surface area contributed by atoms with Gasteiger partial charge in [0.1, 0.15) is 23.2 Å². The number of hydrogen-bond donors (Lipinski definition) is 2. The summed E-state index contributed by atoms with van der Waals surface area (Å²) in [5.74, 6) is 1.33. The molecule has 124 valence electrons. The van der Waals surface area contributed by atoms with E-state index in [-0.39, 0.29) is 12.6 Å². The number of benzene rings is 1. The fourth-order valence-electron chi connectivity index (χ4n) is 3.33. The molecule has 0 radical (unpaired) electrons. The van der Waals surface area contributed by atoms with Gasteiger partial charge in [-0.25, -0.2) is 0 Å². The molecule has 0 saturated heterocycles. The van der Waals surface area contributed by atoms with Crippen LogP contribution in [0.5, 0.6) is 11.5 Å². The van der Waals surface area contributed by atoms with Gasteiger partial charge in [0.15, 0.2) is 0 Å². The molecule has 2 N–H and O–H groups in total.